The number of phenols is 1. The molecule has 94 valence electrons. The standard InChI is InChI=1S/C12H16N2O2.ClH/c1-8(13)12(16)14-5-4-9-2-3-11(15)6-10(9)7-14;/h2-3,6,8,15H,4-5,7,13H2,1H3;1H/t8-;/m0./s1. The predicted octanol–water partition coefficient (Wildman–Crippen LogP) is 1.05. The van der Waals surface area contributed by atoms with Crippen LogP contribution in [0.2, 0.25) is 0 Å². The molecule has 1 amide bonds. The third-order valence-electron chi connectivity index (χ3n) is 2.90. The molecule has 0 unspecified atom stereocenters. The smallest absolute Gasteiger partial charge is 0.239 e. The van der Waals surface area contributed by atoms with Gasteiger partial charge >= 0.3 is 0 Å². The van der Waals surface area contributed by atoms with Gasteiger partial charge in [0.05, 0.1) is 6.04 Å². The van der Waals surface area contributed by atoms with Crippen molar-refractivity contribution >= 4 is 18.3 Å². The molecule has 1 aliphatic heterocycles. The van der Waals surface area contributed by atoms with Crippen molar-refractivity contribution < 1.29 is 9.90 Å². The number of benzene rings is 1. The van der Waals surface area contributed by atoms with Crippen LogP contribution in [0.15, 0.2) is 18.2 Å². The molecule has 1 aromatic carbocycles. The van der Waals surface area contributed by atoms with Crippen molar-refractivity contribution in [1.29, 1.82) is 0 Å². The van der Waals surface area contributed by atoms with Crippen molar-refractivity contribution in [2.75, 3.05) is 6.54 Å². The Bertz CT molecular complexity index is 421. The molecule has 1 aromatic rings. The van der Waals surface area contributed by atoms with Gasteiger partial charge in [0, 0.05) is 13.1 Å². The lowest BCUT2D eigenvalue weighted by Crippen LogP contribution is -2.44. The summed E-state index contributed by atoms with van der Waals surface area (Å²) in [5.74, 6) is 0.211. The average Bonchev–Trinajstić information content (AvgIpc) is 2.26. The van der Waals surface area contributed by atoms with Crippen molar-refractivity contribution in [3.05, 3.63) is 29.3 Å². The summed E-state index contributed by atoms with van der Waals surface area (Å²) in [6.07, 6.45) is 0.827. The average molecular weight is 257 g/mol. The molecular weight excluding hydrogens is 240 g/mol. The Hall–Kier alpha value is -1.26. The van der Waals surface area contributed by atoms with Gasteiger partial charge in [-0.05, 0) is 36.6 Å². The van der Waals surface area contributed by atoms with Crippen LogP contribution in [0, 0.1) is 0 Å². The second kappa shape index (κ2) is 5.38. The van der Waals surface area contributed by atoms with Gasteiger partial charge in [0.1, 0.15) is 5.75 Å². The van der Waals surface area contributed by atoms with Crippen LogP contribution in [0.3, 0.4) is 0 Å². The van der Waals surface area contributed by atoms with E-state index in [2.05, 4.69) is 0 Å². The zero-order valence-corrected chi connectivity index (χ0v) is 10.5. The summed E-state index contributed by atoms with van der Waals surface area (Å²) in [5.41, 5.74) is 7.79. The zero-order chi connectivity index (χ0) is 11.7. The first-order valence-corrected chi connectivity index (χ1v) is 5.43. The van der Waals surface area contributed by atoms with E-state index in [1.165, 1.54) is 5.56 Å². The summed E-state index contributed by atoms with van der Waals surface area (Å²) in [6.45, 7) is 2.95. The molecule has 2 rings (SSSR count). The van der Waals surface area contributed by atoms with Gasteiger partial charge in [-0.1, -0.05) is 6.07 Å². The minimum absolute atomic E-state index is 0. The van der Waals surface area contributed by atoms with Gasteiger partial charge in [0.15, 0.2) is 0 Å². The first-order chi connectivity index (χ1) is 7.58. The Balaban J connectivity index is 0.00000144. The summed E-state index contributed by atoms with van der Waals surface area (Å²) in [6, 6.07) is 4.86. The molecule has 4 nitrogen and oxygen atoms in total. The van der Waals surface area contributed by atoms with Gasteiger partial charge in [0.25, 0.3) is 0 Å². The Kier molecular flexibility index (Phi) is 4.37. The van der Waals surface area contributed by atoms with Crippen LogP contribution in [0.1, 0.15) is 18.1 Å². The number of nitrogens with two attached hydrogens (primary N) is 1. The van der Waals surface area contributed by atoms with Crippen LogP contribution in [0.25, 0.3) is 0 Å². The molecule has 0 fully saturated rings. The third kappa shape index (κ3) is 2.90. The van der Waals surface area contributed by atoms with Crippen LogP contribution >= 0.6 is 12.4 Å². The molecule has 0 saturated carbocycles. The first kappa shape index (κ1) is 13.8. The highest BCUT2D eigenvalue weighted by Crippen LogP contribution is 2.23. The molecule has 0 aliphatic carbocycles. The van der Waals surface area contributed by atoms with E-state index in [0.717, 1.165) is 12.0 Å². The normalized spacial score (nSPS) is 15.8. The number of phenolic OH excluding ortho intramolecular Hbond substituents is 1. The molecule has 0 spiro atoms. The highest BCUT2D eigenvalue weighted by molar-refractivity contribution is 5.85. The number of hydrogen-bond donors (Lipinski definition) is 2. The van der Waals surface area contributed by atoms with E-state index in [1.54, 1.807) is 24.0 Å². The number of halogens is 1. The fourth-order valence-corrected chi connectivity index (χ4v) is 2.02. The lowest BCUT2D eigenvalue weighted by molar-refractivity contribution is -0.133. The summed E-state index contributed by atoms with van der Waals surface area (Å²) in [5, 5.41) is 9.39. The fourth-order valence-electron chi connectivity index (χ4n) is 2.02. The maximum atomic E-state index is 11.7. The van der Waals surface area contributed by atoms with Crippen LogP contribution in [-0.4, -0.2) is 28.5 Å². The monoisotopic (exact) mass is 256 g/mol. The van der Waals surface area contributed by atoms with Crippen LogP contribution in [-0.2, 0) is 17.8 Å². The lowest BCUT2D eigenvalue weighted by atomic mass is 9.99. The van der Waals surface area contributed by atoms with Gasteiger partial charge in [-0.15, -0.1) is 12.4 Å². The summed E-state index contributed by atoms with van der Waals surface area (Å²) < 4.78 is 0. The third-order valence-corrected chi connectivity index (χ3v) is 2.90. The van der Waals surface area contributed by atoms with Gasteiger partial charge in [0.2, 0.25) is 5.91 Å². The van der Waals surface area contributed by atoms with E-state index in [1.807, 2.05) is 6.07 Å². The van der Waals surface area contributed by atoms with E-state index < -0.39 is 6.04 Å². The summed E-state index contributed by atoms with van der Waals surface area (Å²) in [4.78, 5) is 13.5. The largest absolute Gasteiger partial charge is 0.508 e. The molecule has 0 saturated heterocycles. The molecular formula is C12H17ClN2O2. The van der Waals surface area contributed by atoms with Crippen molar-refractivity contribution in [3.63, 3.8) is 0 Å². The van der Waals surface area contributed by atoms with E-state index >= 15 is 0 Å². The number of rotatable bonds is 1. The van der Waals surface area contributed by atoms with Crippen molar-refractivity contribution in [2.24, 2.45) is 5.73 Å². The van der Waals surface area contributed by atoms with E-state index in [9.17, 15) is 9.90 Å². The van der Waals surface area contributed by atoms with Crippen LogP contribution in [0.5, 0.6) is 5.75 Å². The minimum atomic E-state index is -0.459. The Morgan fingerprint density at radius 1 is 1.47 bits per heavy atom. The van der Waals surface area contributed by atoms with Crippen molar-refractivity contribution in [1.82, 2.24) is 4.90 Å². The summed E-state index contributed by atoms with van der Waals surface area (Å²) >= 11 is 0. The lowest BCUT2D eigenvalue weighted by Gasteiger charge is -2.30. The number of carbonyl (C=O) groups is 1. The molecule has 0 radical (unpaired) electrons. The molecule has 3 N–H and O–H groups in total. The Morgan fingerprint density at radius 2 is 2.18 bits per heavy atom. The quantitative estimate of drug-likeness (QED) is 0.789. The predicted molar refractivity (Wildman–Crippen MR) is 68.1 cm³/mol. The second-order valence-corrected chi connectivity index (χ2v) is 4.25. The molecule has 17 heavy (non-hydrogen) atoms. The second-order valence-electron chi connectivity index (χ2n) is 4.25. The van der Waals surface area contributed by atoms with E-state index in [0.29, 0.717) is 13.1 Å². The van der Waals surface area contributed by atoms with Gasteiger partial charge in [-0.2, -0.15) is 0 Å². The number of amides is 1. The van der Waals surface area contributed by atoms with Crippen molar-refractivity contribution in [3.8, 4) is 5.75 Å². The minimum Gasteiger partial charge on any atom is -0.508 e. The van der Waals surface area contributed by atoms with E-state index in [4.69, 9.17) is 5.73 Å². The number of fused-ring (bicyclic) bond motifs is 1. The van der Waals surface area contributed by atoms with Crippen molar-refractivity contribution in [2.45, 2.75) is 25.9 Å². The fraction of sp³-hybridized carbons (Fsp3) is 0.417. The number of aromatic hydroxyl groups is 1. The first-order valence-electron chi connectivity index (χ1n) is 5.43. The molecule has 0 bridgehead atoms. The molecule has 1 aliphatic rings. The molecule has 0 aromatic heterocycles. The van der Waals surface area contributed by atoms with Gasteiger partial charge in [-0.25, -0.2) is 0 Å². The number of nitrogens with zero attached hydrogens (tertiary/aromatic N) is 1. The zero-order valence-electron chi connectivity index (χ0n) is 9.72. The molecule has 5 heteroatoms. The SMILES string of the molecule is C[C@H](N)C(=O)N1CCc2ccc(O)cc2C1.Cl. The Labute approximate surface area is 107 Å². The summed E-state index contributed by atoms with van der Waals surface area (Å²) in [7, 11) is 0. The van der Waals surface area contributed by atoms with Gasteiger partial charge in [-0.3, -0.25) is 4.79 Å². The van der Waals surface area contributed by atoms with Crippen LogP contribution < -0.4 is 5.73 Å². The highest BCUT2D eigenvalue weighted by Gasteiger charge is 2.22. The number of carbonyl (C=O) groups excluding carboxylic acids is 1. The highest BCUT2D eigenvalue weighted by atomic mass is 35.5. The maximum Gasteiger partial charge on any atom is 0.239 e. The van der Waals surface area contributed by atoms with E-state index in [-0.39, 0.29) is 24.1 Å². The topological polar surface area (TPSA) is 66.6 Å². The van der Waals surface area contributed by atoms with Crippen LogP contribution in [0.4, 0.5) is 0 Å². The van der Waals surface area contributed by atoms with Gasteiger partial charge < -0.3 is 15.7 Å². The Morgan fingerprint density at radius 3 is 2.82 bits per heavy atom. The number of hydrogen-bond acceptors (Lipinski definition) is 3. The molecule has 1 atom stereocenters. The maximum absolute atomic E-state index is 11.7. The molecule has 1 heterocycles.